The summed E-state index contributed by atoms with van der Waals surface area (Å²) < 4.78 is 34.3. The van der Waals surface area contributed by atoms with Gasteiger partial charge in [-0.05, 0) is 6.92 Å². The van der Waals surface area contributed by atoms with Crippen LogP contribution in [0.3, 0.4) is 0 Å². The van der Waals surface area contributed by atoms with Gasteiger partial charge >= 0.3 is 6.18 Å². The van der Waals surface area contributed by atoms with Gasteiger partial charge in [-0.25, -0.2) is 0 Å². The van der Waals surface area contributed by atoms with E-state index in [9.17, 15) is 18.1 Å². The number of hydrogen-bond acceptors (Lipinski definition) is 2. The second-order valence-corrected chi connectivity index (χ2v) is 1.94. The van der Waals surface area contributed by atoms with Crippen LogP contribution >= 0.6 is 0 Å². The molecule has 0 radical (unpaired) electrons. The molecule has 0 fully saturated rings. The molecular formula is C4H7F3N2O. The summed E-state index contributed by atoms with van der Waals surface area (Å²) in [5, 5.41) is 2.12. The Bertz CT molecular complexity index is 114. The predicted octanol–water partition coefficient (Wildman–Crippen LogP) is 1.60. The minimum absolute atomic E-state index is 0.947. The third-order valence-corrected chi connectivity index (χ3v) is 0.811. The Morgan fingerprint density at radius 1 is 1.60 bits per heavy atom. The lowest BCUT2D eigenvalue weighted by Crippen LogP contribution is -2.26. The maximum atomic E-state index is 11.4. The van der Waals surface area contributed by atoms with Gasteiger partial charge in [0.25, 0.3) is 0 Å². The Labute approximate surface area is 55.5 Å². The number of nitroso groups, excluding NO2 is 1. The first-order chi connectivity index (χ1) is 4.45. The van der Waals surface area contributed by atoms with Gasteiger partial charge in [0.2, 0.25) is 0 Å². The van der Waals surface area contributed by atoms with Crippen LogP contribution in [0.5, 0.6) is 0 Å². The maximum Gasteiger partial charge on any atom is 0.391 e. The summed E-state index contributed by atoms with van der Waals surface area (Å²) in [4.78, 5) is 9.37. The van der Waals surface area contributed by atoms with E-state index >= 15 is 0 Å². The second kappa shape index (κ2) is 3.38. The van der Waals surface area contributed by atoms with Crippen molar-refractivity contribution in [2.75, 3.05) is 0 Å². The van der Waals surface area contributed by atoms with E-state index in [0.717, 1.165) is 0 Å². The van der Waals surface area contributed by atoms with Crippen LogP contribution in [0.25, 0.3) is 0 Å². The van der Waals surface area contributed by atoms with Crippen LogP contribution in [-0.4, -0.2) is 12.2 Å². The molecule has 1 atom stereocenters. The van der Waals surface area contributed by atoms with Crippen LogP contribution in [-0.2, 0) is 0 Å². The average Bonchev–Trinajstić information content (AvgIpc) is 1.59. The molecular weight excluding hydrogens is 149 g/mol. The second-order valence-electron chi connectivity index (χ2n) is 1.94. The smallest absolute Gasteiger partial charge is 0.271 e. The number of nitrogens with one attached hydrogen (secondary N) is 1. The van der Waals surface area contributed by atoms with Gasteiger partial charge < -0.3 is 0 Å². The molecule has 0 rings (SSSR count). The minimum atomic E-state index is -4.24. The van der Waals surface area contributed by atoms with Crippen LogP contribution < -0.4 is 5.43 Å². The highest BCUT2D eigenvalue weighted by Gasteiger charge is 2.29. The minimum Gasteiger partial charge on any atom is -0.271 e. The third-order valence-electron chi connectivity index (χ3n) is 0.811. The zero-order chi connectivity index (χ0) is 8.20. The number of alkyl halides is 3. The zero-order valence-electron chi connectivity index (χ0n) is 5.27. The van der Waals surface area contributed by atoms with E-state index in [1.165, 1.54) is 6.92 Å². The molecule has 0 amide bonds. The molecule has 60 valence electrons. The van der Waals surface area contributed by atoms with Crippen molar-refractivity contribution >= 4 is 0 Å². The van der Waals surface area contributed by atoms with Gasteiger partial charge in [-0.3, -0.25) is 5.43 Å². The van der Waals surface area contributed by atoms with Crippen molar-refractivity contribution in [3.05, 3.63) is 4.91 Å². The SMILES string of the molecule is CC(CC(F)(F)F)NN=O. The number of rotatable bonds is 3. The molecule has 0 aliphatic carbocycles. The average molecular weight is 156 g/mol. The van der Waals surface area contributed by atoms with E-state index in [4.69, 9.17) is 0 Å². The van der Waals surface area contributed by atoms with Gasteiger partial charge in [0.15, 0.2) is 0 Å². The molecule has 10 heavy (non-hydrogen) atoms. The van der Waals surface area contributed by atoms with Crippen molar-refractivity contribution in [3.8, 4) is 0 Å². The van der Waals surface area contributed by atoms with Crippen LogP contribution in [0.15, 0.2) is 5.29 Å². The molecule has 6 heteroatoms. The van der Waals surface area contributed by atoms with Crippen LogP contribution in [0.2, 0.25) is 0 Å². The molecule has 0 aliphatic rings. The largest absolute Gasteiger partial charge is 0.391 e. The first-order valence-corrected chi connectivity index (χ1v) is 2.60. The Balaban J connectivity index is 3.56. The van der Waals surface area contributed by atoms with E-state index in [2.05, 4.69) is 5.29 Å². The van der Waals surface area contributed by atoms with Crippen LogP contribution in [0.1, 0.15) is 13.3 Å². The molecule has 0 heterocycles. The standard InChI is InChI=1S/C4H7F3N2O/c1-3(8-9-10)2-4(5,6)7/h3H,2H2,1H3,(H,8,10). The highest BCUT2D eigenvalue weighted by molar-refractivity contribution is 4.62. The van der Waals surface area contributed by atoms with Crippen molar-refractivity contribution < 1.29 is 13.2 Å². The monoisotopic (exact) mass is 156 g/mol. The van der Waals surface area contributed by atoms with Crippen molar-refractivity contribution in [2.45, 2.75) is 25.6 Å². The summed E-state index contributed by atoms with van der Waals surface area (Å²) >= 11 is 0. The van der Waals surface area contributed by atoms with Crippen LogP contribution in [0, 0.1) is 4.91 Å². The first kappa shape index (κ1) is 9.19. The Kier molecular flexibility index (Phi) is 3.11. The molecule has 0 saturated heterocycles. The lowest BCUT2D eigenvalue weighted by atomic mass is 10.2. The normalized spacial score (nSPS) is 14.4. The Morgan fingerprint density at radius 2 is 2.10 bits per heavy atom. The lowest BCUT2D eigenvalue weighted by molar-refractivity contribution is -0.139. The molecule has 0 aromatic carbocycles. The van der Waals surface area contributed by atoms with E-state index in [-0.39, 0.29) is 0 Å². The van der Waals surface area contributed by atoms with Crippen LogP contribution in [0.4, 0.5) is 13.2 Å². The topological polar surface area (TPSA) is 41.5 Å². The Morgan fingerprint density at radius 3 is 2.40 bits per heavy atom. The number of nitrogens with zero attached hydrogens (tertiary/aromatic N) is 1. The molecule has 0 aromatic rings. The summed E-state index contributed by atoms with van der Waals surface area (Å²) in [5.41, 5.74) is 1.75. The molecule has 0 spiro atoms. The van der Waals surface area contributed by atoms with Crippen molar-refractivity contribution in [1.82, 2.24) is 5.43 Å². The van der Waals surface area contributed by atoms with E-state index in [1.807, 2.05) is 0 Å². The zero-order valence-corrected chi connectivity index (χ0v) is 5.27. The van der Waals surface area contributed by atoms with E-state index in [1.54, 1.807) is 5.43 Å². The number of hydrogen-bond donors (Lipinski definition) is 1. The molecule has 3 nitrogen and oxygen atoms in total. The summed E-state index contributed by atoms with van der Waals surface area (Å²) in [6.45, 7) is 1.23. The Hall–Kier alpha value is -0.810. The van der Waals surface area contributed by atoms with Crippen molar-refractivity contribution in [1.29, 1.82) is 0 Å². The highest BCUT2D eigenvalue weighted by atomic mass is 19.4. The number of halogens is 3. The molecule has 1 N–H and O–H groups in total. The molecule has 0 saturated carbocycles. The molecule has 0 aliphatic heterocycles. The quantitative estimate of drug-likeness (QED) is 0.498. The summed E-state index contributed by atoms with van der Waals surface area (Å²) in [6, 6.07) is -0.947. The van der Waals surface area contributed by atoms with Gasteiger partial charge in [-0.15, -0.1) is 4.91 Å². The lowest BCUT2D eigenvalue weighted by Gasteiger charge is -2.10. The maximum absolute atomic E-state index is 11.4. The van der Waals surface area contributed by atoms with Gasteiger partial charge in [0.1, 0.15) is 0 Å². The molecule has 1 unspecified atom stereocenters. The van der Waals surface area contributed by atoms with Crippen molar-refractivity contribution in [2.24, 2.45) is 5.29 Å². The fraction of sp³-hybridized carbons (Fsp3) is 1.00. The first-order valence-electron chi connectivity index (χ1n) is 2.60. The summed E-state index contributed by atoms with van der Waals surface area (Å²) in [7, 11) is 0. The van der Waals surface area contributed by atoms with E-state index < -0.39 is 18.6 Å². The third kappa shape index (κ3) is 5.33. The fourth-order valence-electron chi connectivity index (χ4n) is 0.483. The van der Waals surface area contributed by atoms with Crippen molar-refractivity contribution in [3.63, 3.8) is 0 Å². The van der Waals surface area contributed by atoms with E-state index in [0.29, 0.717) is 0 Å². The summed E-state index contributed by atoms with van der Waals surface area (Å²) in [5.74, 6) is 0. The molecule has 0 bridgehead atoms. The highest BCUT2D eigenvalue weighted by Crippen LogP contribution is 2.20. The van der Waals surface area contributed by atoms with Gasteiger partial charge in [-0.2, -0.15) is 13.2 Å². The van der Waals surface area contributed by atoms with Gasteiger partial charge in [0.05, 0.1) is 12.5 Å². The molecule has 0 aromatic heterocycles. The fourth-order valence-corrected chi connectivity index (χ4v) is 0.483. The van der Waals surface area contributed by atoms with Gasteiger partial charge in [-0.1, -0.05) is 0 Å². The summed E-state index contributed by atoms with van der Waals surface area (Å²) in [6.07, 6.45) is -5.28. The van der Waals surface area contributed by atoms with Gasteiger partial charge in [0, 0.05) is 5.29 Å². The predicted molar refractivity (Wildman–Crippen MR) is 29.1 cm³/mol.